The first-order valence-electron chi connectivity index (χ1n) is 8.24. The van der Waals surface area contributed by atoms with Crippen LogP contribution >= 0.6 is 12.2 Å². The molecule has 2 aliphatic rings. The summed E-state index contributed by atoms with van der Waals surface area (Å²) in [4.78, 5) is 5.17. The average molecular weight is 325 g/mol. The van der Waals surface area contributed by atoms with Crippen molar-refractivity contribution in [2.75, 3.05) is 13.1 Å². The predicted octanol–water partition coefficient (Wildman–Crippen LogP) is 1.35. The third-order valence-electron chi connectivity index (χ3n) is 5.13. The Balaban J connectivity index is 1.74. The van der Waals surface area contributed by atoms with Crippen molar-refractivity contribution in [1.82, 2.24) is 24.1 Å². The van der Waals surface area contributed by atoms with E-state index in [-0.39, 0.29) is 6.61 Å². The Hall–Kier alpha value is -0.760. The molecule has 1 N–H and O–H groups in total. The Morgan fingerprint density at radius 1 is 1.27 bits per heavy atom. The van der Waals surface area contributed by atoms with Crippen molar-refractivity contribution >= 4 is 12.2 Å². The highest BCUT2D eigenvalue weighted by molar-refractivity contribution is 7.71. The van der Waals surface area contributed by atoms with Crippen LogP contribution in [-0.2, 0) is 20.3 Å². The molecule has 0 radical (unpaired) electrons. The quantitative estimate of drug-likeness (QED) is 0.847. The first-order valence-corrected chi connectivity index (χ1v) is 8.65. The number of hydrogen-bond donors (Lipinski definition) is 1. The van der Waals surface area contributed by atoms with E-state index in [0.29, 0.717) is 22.7 Å². The summed E-state index contributed by atoms with van der Waals surface area (Å²) in [6, 6.07) is 2.01. The van der Waals surface area contributed by atoms with E-state index in [1.165, 1.54) is 19.3 Å². The lowest BCUT2D eigenvalue weighted by Gasteiger charge is -2.32. The van der Waals surface area contributed by atoms with E-state index < -0.39 is 0 Å². The van der Waals surface area contributed by atoms with Gasteiger partial charge >= 0.3 is 0 Å². The highest BCUT2D eigenvalue weighted by atomic mass is 32.1. The Morgan fingerprint density at radius 2 is 2.00 bits per heavy atom. The molecular weight excluding hydrogens is 298 g/mol. The molecule has 124 valence electrons. The van der Waals surface area contributed by atoms with Crippen molar-refractivity contribution in [3.05, 3.63) is 10.6 Å². The van der Waals surface area contributed by atoms with Crippen LogP contribution in [0.15, 0.2) is 0 Å². The molecular formula is C15H27N5OS. The second-order valence-corrected chi connectivity index (χ2v) is 7.21. The van der Waals surface area contributed by atoms with Gasteiger partial charge in [0.25, 0.3) is 0 Å². The third-order valence-corrected chi connectivity index (χ3v) is 5.61. The molecule has 0 saturated carbocycles. The summed E-state index contributed by atoms with van der Waals surface area (Å²) in [7, 11) is 1.86. The fourth-order valence-electron chi connectivity index (χ4n) is 4.10. The molecule has 2 bridgehead atoms. The molecule has 2 saturated heterocycles. The number of fused-ring (bicyclic) bond motifs is 2. The van der Waals surface area contributed by atoms with Gasteiger partial charge in [-0.25, -0.2) is 4.68 Å². The number of nitrogens with zero attached hydrogens (tertiary/aromatic N) is 5. The molecule has 2 atom stereocenters. The monoisotopic (exact) mass is 325 g/mol. The van der Waals surface area contributed by atoms with Gasteiger partial charge in [-0.2, -0.15) is 5.10 Å². The van der Waals surface area contributed by atoms with Gasteiger partial charge in [0, 0.05) is 38.3 Å². The van der Waals surface area contributed by atoms with Crippen LogP contribution in [0.4, 0.5) is 0 Å². The normalized spacial score (nSPS) is 26.8. The summed E-state index contributed by atoms with van der Waals surface area (Å²) >= 11 is 5.43. The molecule has 2 aliphatic heterocycles. The highest BCUT2D eigenvalue weighted by Crippen LogP contribution is 2.32. The number of rotatable bonds is 4. The van der Waals surface area contributed by atoms with E-state index in [9.17, 15) is 5.11 Å². The topological polar surface area (TPSA) is 49.5 Å². The average Bonchev–Trinajstić information content (AvgIpc) is 2.92. The molecule has 0 amide bonds. The van der Waals surface area contributed by atoms with E-state index in [1.807, 2.05) is 11.7 Å². The van der Waals surface area contributed by atoms with Crippen LogP contribution in [-0.4, -0.2) is 60.5 Å². The number of likely N-dealkylation sites (tertiary alicyclic amines) is 1. The minimum atomic E-state index is -0.0705. The molecule has 0 spiro atoms. The lowest BCUT2D eigenvalue weighted by Crippen LogP contribution is -2.43. The minimum absolute atomic E-state index is 0.0705. The smallest absolute Gasteiger partial charge is 0.198 e. The van der Waals surface area contributed by atoms with Crippen molar-refractivity contribution < 1.29 is 5.11 Å². The molecule has 2 fully saturated rings. The van der Waals surface area contributed by atoms with Crippen molar-refractivity contribution in [2.24, 2.45) is 7.05 Å². The largest absolute Gasteiger partial charge is 0.388 e. The molecule has 7 heteroatoms. The first kappa shape index (κ1) is 16.1. The molecule has 6 nitrogen and oxygen atoms in total. The van der Waals surface area contributed by atoms with Crippen LogP contribution in [0, 0.1) is 4.77 Å². The Morgan fingerprint density at radius 3 is 2.64 bits per heavy atom. The standard InChI is InChI=1S/C15H27N5OS/c1-11(2)20-12-4-5-13(20)8-18(7-6-12)10-19-15(22)17(3)14(9-21)16-19/h11-13,21H,4-10H2,1-3H3. The van der Waals surface area contributed by atoms with Crippen molar-refractivity contribution in [3.63, 3.8) is 0 Å². The van der Waals surface area contributed by atoms with Crippen LogP contribution in [0.2, 0.25) is 0 Å². The maximum Gasteiger partial charge on any atom is 0.198 e. The van der Waals surface area contributed by atoms with E-state index >= 15 is 0 Å². The zero-order valence-corrected chi connectivity index (χ0v) is 14.6. The minimum Gasteiger partial charge on any atom is -0.388 e. The molecule has 22 heavy (non-hydrogen) atoms. The van der Waals surface area contributed by atoms with E-state index in [4.69, 9.17) is 12.2 Å². The molecule has 3 heterocycles. The third kappa shape index (κ3) is 2.87. The van der Waals surface area contributed by atoms with Gasteiger partial charge in [0.2, 0.25) is 0 Å². The zero-order chi connectivity index (χ0) is 15.9. The summed E-state index contributed by atoms with van der Waals surface area (Å²) in [6.07, 6.45) is 3.87. The van der Waals surface area contributed by atoms with Crippen molar-refractivity contribution in [3.8, 4) is 0 Å². The SMILES string of the molecule is CC(C)N1C2CCC1CN(Cn1nc(CO)n(C)c1=S)CC2. The van der Waals surface area contributed by atoms with Crippen molar-refractivity contribution in [2.45, 2.75) is 64.5 Å². The zero-order valence-electron chi connectivity index (χ0n) is 13.8. The lowest BCUT2D eigenvalue weighted by atomic mass is 10.1. The lowest BCUT2D eigenvalue weighted by molar-refractivity contribution is 0.136. The number of aliphatic hydroxyl groups excluding tert-OH is 1. The van der Waals surface area contributed by atoms with Crippen LogP contribution in [0.25, 0.3) is 0 Å². The van der Waals surface area contributed by atoms with E-state index in [1.54, 1.807) is 4.57 Å². The molecule has 0 aliphatic carbocycles. The maximum absolute atomic E-state index is 9.33. The Bertz CT molecular complexity index is 581. The second-order valence-electron chi connectivity index (χ2n) is 6.85. The van der Waals surface area contributed by atoms with E-state index in [0.717, 1.165) is 25.8 Å². The fourth-order valence-corrected chi connectivity index (χ4v) is 4.31. The summed E-state index contributed by atoms with van der Waals surface area (Å²) < 4.78 is 4.32. The van der Waals surface area contributed by atoms with Gasteiger partial charge < -0.3 is 9.67 Å². The van der Waals surface area contributed by atoms with Gasteiger partial charge in [-0.05, 0) is 45.3 Å². The van der Waals surface area contributed by atoms with Crippen molar-refractivity contribution in [1.29, 1.82) is 0 Å². The highest BCUT2D eigenvalue weighted by Gasteiger charge is 2.38. The molecule has 2 unspecified atom stereocenters. The van der Waals surface area contributed by atoms with Gasteiger partial charge in [-0.3, -0.25) is 9.80 Å². The maximum atomic E-state index is 9.33. The molecule has 0 aromatic carbocycles. The number of hydrogen-bond acceptors (Lipinski definition) is 5. The van der Waals surface area contributed by atoms with Crippen LogP contribution < -0.4 is 0 Å². The van der Waals surface area contributed by atoms with Crippen LogP contribution in [0.5, 0.6) is 0 Å². The number of aromatic nitrogens is 3. The second kappa shape index (κ2) is 6.39. The molecule has 1 aromatic heterocycles. The van der Waals surface area contributed by atoms with Gasteiger partial charge in [0.15, 0.2) is 10.6 Å². The van der Waals surface area contributed by atoms with Gasteiger partial charge in [0.1, 0.15) is 6.61 Å². The van der Waals surface area contributed by atoms with E-state index in [2.05, 4.69) is 28.7 Å². The summed E-state index contributed by atoms with van der Waals surface area (Å²) in [5.74, 6) is 0.630. The first-order chi connectivity index (χ1) is 10.5. The Labute approximate surface area is 137 Å². The van der Waals surface area contributed by atoms with Gasteiger partial charge in [0.05, 0.1) is 6.67 Å². The summed E-state index contributed by atoms with van der Waals surface area (Å²) in [5, 5.41) is 13.8. The summed E-state index contributed by atoms with van der Waals surface area (Å²) in [6.45, 7) is 7.45. The van der Waals surface area contributed by atoms with Crippen LogP contribution in [0.3, 0.4) is 0 Å². The van der Waals surface area contributed by atoms with Gasteiger partial charge in [-0.1, -0.05) is 0 Å². The molecule has 1 aromatic rings. The molecule has 3 rings (SSSR count). The number of aliphatic hydroxyl groups is 1. The fraction of sp³-hybridized carbons (Fsp3) is 0.867. The summed E-state index contributed by atoms with van der Waals surface area (Å²) in [5.41, 5.74) is 0. The predicted molar refractivity (Wildman–Crippen MR) is 87.9 cm³/mol. The van der Waals surface area contributed by atoms with Crippen LogP contribution in [0.1, 0.15) is 38.9 Å². The Kier molecular flexibility index (Phi) is 4.68. The van der Waals surface area contributed by atoms with Gasteiger partial charge in [-0.15, -0.1) is 0 Å².